The zero-order chi connectivity index (χ0) is 13.0. The predicted molar refractivity (Wildman–Crippen MR) is 71.2 cm³/mol. The highest BCUT2D eigenvalue weighted by atomic mass is 16.6. The van der Waals surface area contributed by atoms with Crippen LogP contribution in [0.1, 0.15) is 25.7 Å². The maximum atomic E-state index is 10.9. The van der Waals surface area contributed by atoms with Gasteiger partial charge in [-0.05, 0) is 31.4 Å². The van der Waals surface area contributed by atoms with Gasteiger partial charge in [-0.1, -0.05) is 18.6 Å². The molecular weight excluding hydrogens is 230 g/mol. The van der Waals surface area contributed by atoms with E-state index in [-0.39, 0.29) is 12.1 Å². The van der Waals surface area contributed by atoms with Crippen LogP contribution in [0.25, 0.3) is 0 Å². The first kappa shape index (κ1) is 12.5. The summed E-state index contributed by atoms with van der Waals surface area (Å²) < 4.78 is 5.15. The van der Waals surface area contributed by atoms with Crippen LogP contribution in [-0.4, -0.2) is 18.2 Å². The third kappa shape index (κ3) is 3.06. The largest absolute Gasteiger partial charge is 0.444 e. The molecule has 5 N–H and O–H groups in total. The van der Waals surface area contributed by atoms with Gasteiger partial charge in [0.15, 0.2) is 0 Å². The van der Waals surface area contributed by atoms with E-state index in [9.17, 15) is 4.79 Å². The molecule has 5 heteroatoms. The Hall–Kier alpha value is -1.91. The number of carbonyl (C=O) groups excluding carboxylic acids is 1. The summed E-state index contributed by atoms with van der Waals surface area (Å²) in [7, 11) is 0. The molecular formula is C13H19N3O2. The van der Waals surface area contributed by atoms with Crippen molar-refractivity contribution in [3.05, 3.63) is 24.3 Å². The van der Waals surface area contributed by atoms with Crippen LogP contribution in [-0.2, 0) is 4.74 Å². The Morgan fingerprint density at radius 2 is 2.00 bits per heavy atom. The standard InChI is InChI=1S/C13H19N3O2/c14-9-5-1-2-6-10(9)16-11-7-3-4-8-12(11)18-13(15)17/h1-2,5-6,11-12,16H,3-4,7-8,14H2,(H2,15,17)/t11-,12-/m1/s1. The minimum atomic E-state index is -0.713. The van der Waals surface area contributed by atoms with Gasteiger partial charge in [0.05, 0.1) is 17.4 Å². The first-order chi connectivity index (χ1) is 8.66. The SMILES string of the molecule is NC(=O)O[C@@H]1CCCC[C@H]1Nc1ccccc1N. The number of ether oxygens (including phenoxy) is 1. The number of carbonyl (C=O) groups is 1. The first-order valence-corrected chi connectivity index (χ1v) is 6.24. The summed E-state index contributed by atoms with van der Waals surface area (Å²) in [6.45, 7) is 0. The Labute approximate surface area is 106 Å². The number of anilines is 2. The van der Waals surface area contributed by atoms with Gasteiger partial charge in [-0.2, -0.15) is 0 Å². The molecule has 0 bridgehead atoms. The minimum absolute atomic E-state index is 0.0796. The van der Waals surface area contributed by atoms with E-state index in [1.807, 2.05) is 24.3 Å². The summed E-state index contributed by atoms with van der Waals surface area (Å²) in [5.41, 5.74) is 12.6. The van der Waals surface area contributed by atoms with Crippen molar-refractivity contribution in [3.63, 3.8) is 0 Å². The van der Waals surface area contributed by atoms with E-state index in [1.54, 1.807) is 0 Å². The lowest BCUT2D eigenvalue weighted by atomic mass is 9.92. The Balaban J connectivity index is 2.05. The molecule has 1 saturated carbocycles. The van der Waals surface area contributed by atoms with E-state index in [0.717, 1.165) is 31.4 Å². The highest BCUT2D eigenvalue weighted by Crippen LogP contribution is 2.26. The summed E-state index contributed by atoms with van der Waals surface area (Å²) >= 11 is 0. The second kappa shape index (κ2) is 5.62. The number of nitrogens with one attached hydrogen (secondary N) is 1. The van der Waals surface area contributed by atoms with Crippen LogP contribution in [0, 0.1) is 0 Å². The van der Waals surface area contributed by atoms with Crippen LogP contribution in [0.2, 0.25) is 0 Å². The van der Waals surface area contributed by atoms with E-state index in [4.69, 9.17) is 16.2 Å². The van der Waals surface area contributed by atoms with Crippen LogP contribution < -0.4 is 16.8 Å². The Kier molecular flexibility index (Phi) is 3.92. The highest BCUT2D eigenvalue weighted by molar-refractivity contribution is 5.67. The second-order valence-corrected chi connectivity index (χ2v) is 4.60. The molecule has 0 aromatic heterocycles. The third-order valence-corrected chi connectivity index (χ3v) is 3.27. The first-order valence-electron chi connectivity index (χ1n) is 6.24. The van der Waals surface area contributed by atoms with Crippen molar-refractivity contribution in [2.24, 2.45) is 5.73 Å². The molecule has 1 amide bonds. The average Bonchev–Trinajstić information content (AvgIpc) is 2.34. The van der Waals surface area contributed by atoms with Crippen molar-refractivity contribution in [2.45, 2.75) is 37.8 Å². The van der Waals surface area contributed by atoms with Crippen molar-refractivity contribution in [1.29, 1.82) is 0 Å². The monoisotopic (exact) mass is 249 g/mol. The lowest BCUT2D eigenvalue weighted by Gasteiger charge is -2.32. The highest BCUT2D eigenvalue weighted by Gasteiger charge is 2.27. The number of amides is 1. The third-order valence-electron chi connectivity index (χ3n) is 3.27. The molecule has 1 aliphatic rings. The van der Waals surface area contributed by atoms with Crippen LogP contribution in [0.15, 0.2) is 24.3 Å². The van der Waals surface area contributed by atoms with Crippen molar-refractivity contribution < 1.29 is 9.53 Å². The van der Waals surface area contributed by atoms with Gasteiger partial charge < -0.3 is 21.5 Å². The normalized spacial score (nSPS) is 23.3. The van der Waals surface area contributed by atoms with Gasteiger partial charge in [0.1, 0.15) is 6.10 Å². The summed E-state index contributed by atoms with van der Waals surface area (Å²) in [6.07, 6.45) is 3.08. The molecule has 1 aliphatic carbocycles. The van der Waals surface area contributed by atoms with E-state index in [2.05, 4.69) is 5.32 Å². The molecule has 1 aromatic carbocycles. The molecule has 0 radical (unpaired) electrons. The average molecular weight is 249 g/mol. The molecule has 0 spiro atoms. The summed E-state index contributed by atoms with van der Waals surface area (Å²) in [5, 5.41) is 3.35. The predicted octanol–water partition coefficient (Wildman–Crippen LogP) is 2.09. The number of hydrogen-bond acceptors (Lipinski definition) is 4. The van der Waals surface area contributed by atoms with Crippen molar-refractivity contribution in [1.82, 2.24) is 0 Å². The lowest BCUT2D eigenvalue weighted by molar-refractivity contribution is 0.0745. The number of primary amides is 1. The molecule has 0 unspecified atom stereocenters. The molecule has 0 saturated heterocycles. The fraction of sp³-hybridized carbons (Fsp3) is 0.462. The summed E-state index contributed by atoms with van der Waals surface area (Å²) in [5.74, 6) is 0. The van der Waals surface area contributed by atoms with Crippen LogP contribution in [0.4, 0.5) is 16.2 Å². The van der Waals surface area contributed by atoms with Gasteiger partial charge in [0.25, 0.3) is 0 Å². The Morgan fingerprint density at radius 3 is 2.72 bits per heavy atom. The molecule has 1 fully saturated rings. The molecule has 0 aliphatic heterocycles. The van der Waals surface area contributed by atoms with Crippen molar-refractivity contribution in [3.8, 4) is 0 Å². The number of para-hydroxylation sites is 2. The second-order valence-electron chi connectivity index (χ2n) is 4.60. The van der Waals surface area contributed by atoms with Crippen LogP contribution in [0.3, 0.4) is 0 Å². The number of rotatable bonds is 3. The molecule has 1 aromatic rings. The zero-order valence-electron chi connectivity index (χ0n) is 10.3. The molecule has 2 atom stereocenters. The number of hydrogen-bond donors (Lipinski definition) is 3. The number of benzene rings is 1. The number of nitrogens with two attached hydrogens (primary N) is 2. The van der Waals surface area contributed by atoms with Gasteiger partial charge in [-0.15, -0.1) is 0 Å². The Bertz CT molecular complexity index is 422. The van der Waals surface area contributed by atoms with Crippen LogP contribution in [0.5, 0.6) is 0 Å². The van der Waals surface area contributed by atoms with E-state index in [0.29, 0.717) is 5.69 Å². The maximum Gasteiger partial charge on any atom is 0.404 e. The van der Waals surface area contributed by atoms with Crippen molar-refractivity contribution in [2.75, 3.05) is 11.1 Å². The zero-order valence-corrected chi connectivity index (χ0v) is 10.3. The summed E-state index contributed by atoms with van der Waals surface area (Å²) in [4.78, 5) is 10.9. The molecule has 0 heterocycles. The lowest BCUT2D eigenvalue weighted by Crippen LogP contribution is -2.40. The van der Waals surface area contributed by atoms with Gasteiger partial charge in [-0.3, -0.25) is 0 Å². The smallest absolute Gasteiger partial charge is 0.404 e. The summed E-state index contributed by atoms with van der Waals surface area (Å²) in [6, 6.07) is 7.65. The fourth-order valence-electron chi connectivity index (χ4n) is 2.38. The molecule has 98 valence electrons. The maximum absolute atomic E-state index is 10.9. The van der Waals surface area contributed by atoms with Gasteiger partial charge >= 0.3 is 6.09 Å². The van der Waals surface area contributed by atoms with Gasteiger partial charge in [0.2, 0.25) is 0 Å². The van der Waals surface area contributed by atoms with Gasteiger partial charge in [0, 0.05) is 0 Å². The van der Waals surface area contributed by atoms with Crippen LogP contribution >= 0.6 is 0 Å². The molecule has 2 rings (SSSR count). The van der Waals surface area contributed by atoms with E-state index < -0.39 is 6.09 Å². The molecule has 5 nitrogen and oxygen atoms in total. The fourth-order valence-corrected chi connectivity index (χ4v) is 2.38. The quantitative estimate of drug-likeness (QED) is 0.715. The number of nitrogen functional groups attached to an aromatic ring is 1. The van der Waals surface area contributed by atoms with Gasteiger partial charge in [-0.25, -0.2) is 4.79 Å². The Morgan fingerprint density at radius 1 is 1.28 bits per heavy atom. The molecule has 18 heavy (non-hydrogen) atoms. The van der Waals surface area contributed by atoms with E-state index in [1.165, 1.54) is 0 Å². The minimum Gasteiger partial charge on any atom is -0.444 e. The van der Waals surface area contributed by atoms with E-state index >= 15 is 0 Å². The van der Waals surface area contributed by atoms with Crippen molar-refractivity contribution >= 4 is 17.5 Å². The topological polar surface area (TPSA) is 90.4 Å².